The summed E-state index contributed by atoms with van der Waals surface area (Å²) in [6, 6.07) is 8.80. The molecular weight excluding hydrogens is 290 g/mol. The highest BCUT2D eigenvalue weighted by Gasteiger charge is 2.28. The Balaban J connectivity index is 1.80. The van der Waals surface area contributed by atoms with Crippen molar-refractivity contribution in [3.63, 3.8) is 0 Å². The van der Waals surface area contributed by atoms with Gasteiger partial charge < -0.3 is 4.90 Å². The van der Waals surface area contributed by atoms with Crippen LogP contribution in [-0.2, 0) is 7.05 Å². The highest BCUT2D eigenvalue weighted by Crippen LogP contribution is 2.34. The number of nitrogens with one attached hydrogen (secondary N) is 1. The molecule has 1 unspecified atom stereocenters. The van der Waals surface area contributed by atoms with Crippen molar-refractivity contribution >= 4 is 17.0 Å². The minimum Gasteiger partial charge on any atom is -0.335 e. The second-order valence-electron chi connectivity index (χ2n) is 6.16. The summed E-state index contributed by atoms with van der Waals surface area (Å²) in [6.45, 7) is 3.00. The van der Waals surface area contributed by atoms with E-state index in [0.717, 1.165) is 19.4 Å². The first-order valence-corrected chi connectivity index (χ1v) is 7.89. The van der Waals surface area contributed by atoms with Crippen molar-refractivity contribution in [2.45, 2.75) is 25.8 Å². The second kappa shape index (κ2) is 5.22. The Bertz CT molecular complexity index is 926. The second-order valence-corrected chi connectivity index (χ2v) is 6.16. The molecule has 6 heteroatoms. The number of benzene rings is 1. The van der Waals surface area contributed by atoms with Gasteiger partial charge in [0.25, 0.3) is 5.56 Å². The number of nitrogens with zero attached hydrogens (tertiary/aromatic N) is 4. The zero-order valence-corrected chi connectivity index (χ0v) is 13.3. The van der Waals surface area contributed by atoms with Crippen LogP contribution in [0, 0.1) is 6.92 Å². The van der Waals surface area contributed by atoms with E-state index in [1.807, 2.05) is 0 Å². The van der Waals surface area contributed by atoms with Crippen molar-refractivity contribution in [2.75, 3.05) is 11.4 Å². The van der Waals surface area contributed by atoms with Crippen LogP contribution < -0.4 is 10.5 Å². The molecule has 3 heterocycles. The lowest BCUT2D eigenvalue weighted by atomic mass is 10.0. The standard InChI is InChI=1S/C17H19N5O/c1-11-5-3-6-12(9-11)14-7-4-8-22(14)17-19-15-13(16(23)20-17)10-18-21(15)2/h3,5-6,9-10,14H,4,7-8H2,1-2H3,(H,19,20,23). The highest BCUT2D eigenvalue weighted by molar-refractivity contribution is 5.74. The minimum atomic E-state index is -0.131. The summed E-state index contributed by atoms with van der Waals surface area (Å²) >= 11 is 0. The summed E-state index contributed by atoms with van der Waals surface area (Å²) in [7, 11) is 1.81. The maximum absolute atomic E-state index is 12.3. The summed E-state index contributed by atoms with van der Waals surface area (Å²) < 4.78 is 1.64. The molecule has 1 atom stereocenters. The first-order chi connectivity index (χ1) is 11.1. The molecular formula is C17H19N5O. The maximum atomic E-state index is 12.3. The van der Waals surface area contributed by atoms with E-state index in [9.17, 15) is 4.79 Å². The Morgan fingerprint density at radius 3 is 3.04 bits per heavy atom. The number of H-pyrrole nitrogens is 1. The molecule has 0 aliphatic carbocycles. The zero-order chi connectivity index (χ0) is 16.0. The van der Waals surface area contributed by atoms with Crippen molar-refractivity contribution in [2.24, 2.45) is 7.05 Å². The molecule has 1 saturated heterocycles. The van der Waals surface area contributed by atoms with Gasteiger partial charge in [0.1, 0.15) is 5.39 Å². The molecule has 0 amide bonds. The van der Waals surface area contributed by atoms with Gasteiger partial charge in [-0.25, -0.2) is 0 Å². The van der Waals surface area contributed by atoms with Gasteiger partial charge >= 0.3 is 0 Å². The van der Waals surface area contributed by atoms with Crippen molar-refractivity contribution in [1.82, 2.24) is 19.7 Å². The average molecular weight is 309 g/mol. The lowest BCUT2D eigenvalue weighted by Gasteiger charge is -2.25. The van der Waals surface area contributed by atoms with Gasteiger partial charge in [-0.3, -0.25) is 14.5 Å². The monoisotopic (exact) mass is 309 g/mol. The van der Waals surface area contributed by atoms with Crippen molar-refractivity contribution in [1.29, 1.82) is 0 Å². The van der Waals surface area contributed by atoms with Crippen molar-refractivity contribution < 1.29 is 0 Å². The van der Waals surface area contributed by atoms with Gasteiger partial charge in [-0.1, -0.05) is 29.8 Å². The Morgan fingerprint density at radius 2 is 2.22 bits per heavy atom. The molecule has 1 aliphatic rings. The van der Waals surface area contributed by atoms with E-state index in [2.05, 4.69) is 51.2 Å². The number of aromatic nitrogens is 4. The van der Waals surface area contributed by atoms with Crippen LogP contribution in [-0.4, -0.2) is 26.3 Å². The topological polar surface area (TPSA) is 66.8 Å². The molecule has 0 radical (unpaired) electrons. The summed E-state index contributed by atoms with van der Waals surface area (Å²) in [5, 5.41) is 4.66. The zero-order valence-electron chi connectivity index (χ0n) is 13.3. The van der Waals surface area contributed by atoms with E-state index in [0.29, 0.717) is 17.0 Å². The Labute approximate surface area is 133 Å². The lowest BCUT2D eigenvalue weighted by Crippen LogP contribution is -2.27. The molecule has 0 bridgehead atoms. The van der Waals surface area contributed by atoms with Gasteiger partial charge in [0.15, 0.2) is 5.65 Å². The molecule has 3 aromatic rings. The Hall–Kier alpha value is -2.63. The van der Waals surface area contributed by atoms with Gasteiger partial charge in [0, 0.05) is 13.6 Å². The number of fused-ring (bicyclic) bond motifs is 1. The molecule has 0 spiro atoms. The molecule has 6 nitrogen and oxygen atoms in total. The fraction of sp³-hybridized carbons (Fsp3) is 0.353. The fourth-order valence-electron chi connectivity index (χ4n) is 3.40. The third-order valence-corrected chi connectivity index (χ3v) is 4.54. The first-order valence-electron chi connectivity index (χ1n) is 7.89. The number of aryl methyl sites for hydroxylation is 2. The summed E-state index contributed by atoms with van der Waals surface area (Å²) in [5.74, 6) is 0.634. The van der Waals surface area contributed by atoms with Gasteiger partial charge in [-0.2, -0.15) is 10.1 Å². The average Bonchev–Trinajstić information content (AvgIpc) is 3.15. The molecule has 1 aliphatic heterocycles. The number of anilines is 1. The minimum absolute atomic E-state index is 0.131. The van der Waals surface area contributed by atoms with Gasteiger partial charge in [0.05, 0.1) is 12.2 Å². The number of hydrogen-bond donors (Lipinski definition) is 1. The van der Waals surface area contributed by atoms with E-state index in [4.69, 9.17) is 0 Å². The van der Waals surface area contributed by atoms with E-state index in [-0.39, 0.29) is 11.6 Å². The van der Waals surface area contributed by atoms with Crippen molar-refractivity contribution in [3.8, 4) is 0 Å². The fourth-order valence-corrected chi connectivity index (χ4v) is 3.40. The smallest absolute Gasteiger partial charge is 0.263 e. The van der Waals surface area contributed by atoms with Gasteiger partial charge in [-0.05, 0) is 25.3 Å². The normalized spacial score (nSPS) is 18.0. The lowest BCUT2D eigenvalue weighted by molar-refractivity contribution is 0.699. The van der Waals surface area contributed by atoms with Crippen LogP contribution >= 0.6 is 0 Å². The predicted octanol–water partition coefficient (Wildman–Crippen LogP) is 2.31. The third kappa shape index (κ3) is 2.30. The third-order valence-electron chi connectivity index (χ3n) is 4.54. The van der Waals surface area contributed by atoms with Gasteiger partial charge in [-0.15, -0.1) is 0 Å². The van der Waals surface area contributed by atoms with Crippen LogP contribution in [0.4, 0.5) is 5.95 Å². The van der Waals surface area contributed by atoms with Crippen LogP contribution in [0.5, 0.6) is 0 Å². The Morgan fingerprint density at radius 1 is 1.35 bits per heavy atom. The molecule has 1 N–H and O–H groups in total. The quantitative estimate of drug-likeness (QED) is 0.789. The van der Waals surface area contributed by atoms with Gasteiger partial charge in [0.2, 0.25) is 5.95 Å². The molecule has 4 rings (SSSR count). The van der Waals surface area contributed by atoms with E-state index < -0.39 is 0 Å². The highest BCUT2D eigenvalue weighted by atomic mass is 16.1. The number of aromatic amines is 1. The maximum Gasteiger partial charge on any atom is 0.263 e. The summed E-state index contributed by atoms with van der Waals surface area (Å²) in [6.07, 6.45) is 3.72. The Kier molecular flexibility index (Phi) is 3.18. The number of hydrogen-bond acceptors (Lipinski definition) is 4. The first kappa shape index (κ1) is 14.0. The van der Waals surface area contributed by atoms with Crippen LogP contribution in [0.3, 0.4) is 0 Å². The molecule has 23 heavy (non-hydrogen) atoms. The largest absolute Gasteiger partial charge is 0.335 e. The number of rotatable bonds is 2. The van der Waals surface area contributed by atoms with Crippen LogP contribution in [0.2, 0.25) is 0 Å². The van der Waals surface area contributed by atoms with Crippen LogP contribution in [0.25, 0.3) is 11.0 Å². The summed E-state index contributed by atoms with van der Waals surface area (Å²) in [5.41, 5.74) is 3.01. The summed E-state index contributed by atoms with van der Waals surface area (Å²) in [4.78, 5) is 22.1. The van der Waals surface area contributed by atoms with Crippen LogP contribution in [0.1, 0.15) is 30.0 Å². The van der Waals surface area contributed by atoms with E-state index in [1.54, 1.807) is 17.9 Å². The molecule has 0 saturated carbocycles. The van der Waals surface area contributed by atoms with Crippen molar-refractivity contribution in [3.05, 3.63) is 51.9 Å². The molecule has 1 fully saturated rings. The molecule has 2 aromatic heterocycles. The van der Waals surface area contributed by atoms with E-state index >= 15 is 0 Å². The van der Waals surface area contributed by atoms with E-state index in [1.165, 1.54) is 11.1 Å². The van der Waals surface area contributed by atoms with Crippen LogP contribution in [0.15, 0.2) is 35.3 Å². The molecule has 1 aromatic carbocycles. The SMILES string of the molecule is Cc1cccc(C2CCCN2c2nc3c(cnn3C)c(=O)[nH]2)c1. The predicted molar refractivity (Wildman–Crippen MR) is 89.6 cm³/mol. The molecule has 118 valence electrons.